The summed E-state index contributed by atoms with van der Waals surface area (Å²) in [6.45, 7) is 4.01. The molecular weight excluding hydrogens is 538 g/mol. The van der Waals surface area contributed by atoms with E-state index in [9.17, 15) is 9.59 Å². The first-order valence-corrected chi connectivity index (χ1v) is 13.5. The van der Waals surface area contributed by atoms with Crippen LogP contribution in [0.1, 0.15) is 44.5 Å². The highest BCUT2D eigenvalue weighted by molar-refractivity contribution is 6.34. The van der Waals surface area contributed by atoms with E-state index in [1.807, 2.05) is 55.5 Å². The summed E-state index contributed by atoms with van der Waals surface area (Å²) < 4.78 is 11.0. The van der Waals surface area contributed by atoms with Gasteiger partial charge < -0.3 is 14.5 Å². The number of aromatic nitrogens is 1. The molecule has 41 heavy (non-hydrogen) atoms. The van der Waals surface area contributed by atoms with Crippen LogP contribution >= 0.6 is 11.6 Å². The maximum Gasteiger partial charge on any atom is 0.343 e. The van der Waals surface area contributed by atoms with E-state index in [2.05, 4.69) is 22.4 Å². The molecule has 0 aliphatic carbocycles. The van der Waals surface area contributed by atoms with Gasteiger partial charge in [0.2, 0.25) is 0 Å². The van der Waals surface area contributed by atoms with E-state index >= 15 is 0 Å². The van der Waals surface area contributed by atoms with Crippen molar-refractivity contribution in [3.63, 3.8) is 0 Å². The molecule has 0 aliphatic rings. The summed E-state index contributed by atoms with van der Waals surface area (Å²) in [5, 5.41) is 5.62. The Kier molecular flexibility index (Phi) is 8.17. The summed E-state index contributed by atoms with van der Waals surface area (Å²) in [5.74, 6) is -0.279. The highest BCUT2D eigenvalue weighted by Gasteiger charge is 2.22. The summed E-state index contributed by atoms with van der Waals surface area (Å²) >= 11 is 6.55. The van der Waals surface area contributed by atoms with Crippen molar-refractivity contribution in [3.05, 3.63) is 118 Å². The van der Waals surface area contributed by atoms with Gasteiger partial charge in [-0.25, -0.2) is 10.2 Å². The zero-order valence-electron chi connectivity index (χ0n) is 22.8. The summed E-state index contributed by atoms with van der Waals surface area (Å²) in [7, 11) is 1.48. The highest BCUT2D eigenvalue weighted by Crippen LogP contribution is 2.37. The Morgan fingerprint density at radius 2 is 1.76 bits per heavy atom. The molecule has 0 aliphatic heterocycles. The van der Waals surface area contributed by atoms with Crippen LogP contribution in [0.2, 0.25) is 5.02 Å². The minimum atomic E-state index is -0.490. The number of hydrazone groups is 1. The zero-order chi connectivity index (χ0) is 28.9. The monoisotopic (exact) mass is 565 g/mol. The van der Waals surface area contributed by atoms with Crippen molar-refractivity contribution in [3.8, 4) is 22.6 Å². The van der Waals surface area contributed by atoms with Gasteiger partial charge in [-0.2, -0.15) is 5.10 Å². The second-order valence-electron chi connectivity index (χ2n) is 9.41. The van der Waals surface area contributed by atoms with Crippen LogP contribution < -0.4 is 14.9 Å². The summed E-state index contributed by atoms with van der Waals surface area (Å²) in [6, 6.07) is 25.5. The van der Waals surface area contributed by atoms with Crippen molar-refractivity contribution in [2.45, 2.75) is 20.3 Å². The molecule has 1 aromatic heterocycles. The number of halogens is 1. The number of esters is 1. The number of hydrogen-bond acceptors (Lipinski definition) is 5. The first-order chi connectivity index (χ1) is 19.9. The molecule has 206 valence electrons. The zero-order valence-corrected chi connectivity index (χ0v) is 23.6. The van der Waals surface area contributed by atoms with Crippen molar-refractivity contribution < 1.29 is 19.1 Å². The van der Waals surface area contributed by atoms with Gasteiger partial charge in [-0.1, -0.05) is 72.6 Å². The molecule has 4 aromatic carbocycles. The summed E-state index contributed by atoms with van der Waals surface area (Å²) in [4.78, 5) is 29.2. The van der Waals surface area contributed by atoms with Gasteiger partial charge in [-0.05, 0) is 60.9 Å². The van der Waals surface area contributed by atoms with E-state index in [-0.39, 0.29) is 5.75 Å². The van der Waals surface area contributed by atoms with E-state index in [0.717, 1.165) is 39.6 Å². The third kappa shape index (κ3) is 5.85. The van der Waals surface area contributed by atoms with Crippen LogP contribution in [0.5, 0.6) is 11.5 Å². The van der Waals surface area contributed by atoms with Crippen LogP contribution in [-0.2, 0) is 6.42 Å². The highest BCUT2D eigenvalue weighted by atomic mass is 35.5. The smallest absolute Gasteiger partial charge is 0.343 e. The number of carbonyl (C=O) groups is 2. The molecule has 0 spiro atoms. The number of fused-ring (bicyclic) bond motifs is 1. The number of carbonyl (C=O) groups excluding carboxylic acids is 2. The lowest BCUT2D eigenvalue weighted by Gasteiger charge is -2.10. The number of H-pyrrole nitrogens is 1. The van der Waals surface area contributed by atoms with Gasteiger partial charge in [0.05, 0.1) is 18.9 Å². The lowest BCUT2D eigenvalue weighted by molar-refractivity contribution is 0.0729. The molecular formula is C33H28ClN3O4. The molecule has 0 saturated heterocycles. The normalized spacial score (nSPS) is 11.1. The topological polar surface area (TPSA) is 92.8 Å². The molecule has 0 unspecified atom stereocenters. The maximum absolute atomic E-state index is 13.4. The molecule has 5 aromatic rings. The van der Waals surface area contributed by atoms with Crippen molar-refractivity contribution >= 4 is 40.6 Å². The Labute approximate surface area is 242 Å². The number of aryl methyl sites for hydroxylation is 2. The van der Waals surface area contributed by atoms with E-state index in [1.54, 1.807) is 36.4 Å². The van der Waals surface area contributed by atoms with Crippen LogP contribution in [0.15, 0.2) is 90.0 Å². The second kappa shape index (κ2) is 12.1. The molecule has 0 bridgehead atoms. The predicted molar refractivity (Wildman–Crippen MR) is 162 cm³/mol. The average Bonchev–Trinajstić information content (AvgIpc) is 3.38. The van der Waals surface area contributed by atoms with Gasteiger partial charge in [0.25, 0.3) is 5.91 Å². The van der Waals surface area contributed by atoms with Crippen molar-refractivity contribution in [2.75, 3.05) is 7.11 Å². The van der Waals surface area contributed by atoms with Crippen molar-refractivity contribution in [1.29, 1.82) is 0 Å². The van der Waals surface area contributed by atoms with Gasteiger partial charge in [-0.15, -0.1) is 0 Å². The van der Waals surface area contributed by atoms with Crippen LogP contribution in [0.4, 0.5) is 0 Å². The lowest BCUT2D eigenvalue weighted by Crippen LogP contribution is -2.19. The number of methoxy groups -OCH3 is 1. The quantitative estimate of drug-likeness (QED) is 0.0890. The lowest BCUT2D eigenvalue weighted by atomic mass is 9.99. The van der Waals surface area contributed by atoms with Gasteiger partial charge in [0.1, 0.15) is 5.69 Å². The SMILES string of the molecule is CCc1cccc2c(-c3ccccc3Cl)c(C(=O)NN=Cc3ccc(OC(=O)c4ccc(C)cc4)c(OC)c3)[nH]c12. The number of ether oxygens (including phenoxy) is 2. The fraction of sp³-hybridized carbons (Fsp3) is 0.121. The molecule has 0 atom stereocenters. The molecule has 2 N–H and O–H groups in total. The fourth-order valence-corrected chi connectivity index (χ4v) is 4.84. The number of nitrogens with one attached hydrogen (secondary N) is 2. The Morgan fingerprint density at radius 3 is 2.49 bits per heavy atom. The second-order valence-corrected chi connectivity index (χ2v) is 9.82. The van der Waals surface area contributed by atoms with Crippen LogP contribution in [0.25, 0.3) is 22.0 Å². The Morgan fingerprint density at radius 1 is 0.976 bits per heavy atom. The van der Waals surface area contributed by atoms with Crippen LogP contribution in [0.3, 0.4) is 0 Å². The number of benzene rings is 4. The van der Waals surface area contributed by atoms with E-state index in [0.29, 0.717) is 27.6 Å². The molecule has 0 saturated carbocycles. The largest absolute Gasteiger partial charge is 0.493 e. The predicted octanol–water partition coefficient (Wildman–Crippen LogP) is 7.35. The number of para-hydroxylation sites is 1. The summed E-state index contributed by atoms with van der Waals surface area (Å²) in [6.07, 6.45) is 2.29. The Hall–Kier alpha value is -4.88. The van der Waals surface area contributed by atoms with Gasteiger partial charge >= 0.3 is 5.97 Å². The van der Waals surface area contributed by atoms with Crippen molar-refractivity contribution in [1.82, 2.24) is 10.4 Å². The molecule has 5 rings (SSSR count). The van der Waals surface area contributed by atoms with E-state index < -0.39 is 11.9 Å². The molecule has 0 fully saturated rings. The number of amides is 1. The number of hydrogen-bond donors (Lipinski definition) is 2. The van der Waals surface area contributed by atoms with Gasteiger partial charge in [-0.3, -0.25) is 4.79 Å². The molecule has 7 nitrogen and oxygen atoms in total. The van der Waals surface area contributed by atoms with Crippen LogP contribution in [-0.4, -0.2) is 30.2 Å². The fourth-order valence-electron chi connectivity index (χ4n) is 4.61. The Bertz CT molecular complexity index is 1770. The maximum atomic E-state index is 13.4. The summed E-state index contributed by atoms with van der Waals surface area (Å²) in [5.41, 5.74) is 8.54. The molecule has 1 heterocycles. The van der Waals surface area contributed by atoms with Crippen LogP contribution in [0, 0.1) is 6.92 Å². The third-order valence-corrected chi connectivity index (χ3v) is 7.06. The average molecular weight is 566 g/mol. The molecule has 0 radical (unpaired) electrons. The first-order valence-electron chi connectivity index (χ1n) is 13.1. The minimum absolute atomic E-state index is 0.272. The van der Waals surface area contributed by atoms with Gasteiger partial charge in [0, 0.05) is 27.1 Å². The minimum Gasteiger partial charge on any atom is -0.493 e. The van der Waals surface area contributed by atoms with Gasteiger partial charge in [0.15, 0.2) is 11.5 Å². The molecule has 1 amide bonds. The molecule has 8 heteroatoms. The first kappa shape index (κ1) is 27.7. The number of aromatic amines is 1. The number of rotatable bonds is 8. The standard InChI is InChI=1S/C33H28ClN3O4/c1-4-22-8-7-10-25-29(24-9-5-6-11-26(24)34)31(36-30(22)25)32(38)37-35-19-21-14-17-27(28(18-21)40-3)41-33(39)23-15-12-20(2)13-16-23/h5-19,36H,4H2,1-3H3,(H,37,38). The van der Waals surface area contributed by atoms with E-state index in [1.165, 1.54) is 13.3 Å². The Balaban J connectivity index is 1.38. The van der Waals surface area contributed by atoms with E-state index in [4.69, 9.17) is 21.1 Å². The third-order valence-electron chi connectivity index (χ3n) is 6.73. The van der Waals surface area contributed by atoms with Crippen molar-refractivity contribution in [2.24, 2.45) is 5.10 Å². The number of nitrogens with zero attached hydrogens (tertiary/aromatic N) is 1.